The molecule has 0 bridgehead atoms. The number of hydrogen-bond acceptors (Lipinski definition) is 6. The van der Waals surface area contributed by atoms with Crippen LogP contribution in [0.3, 0.4) is 0 Å². The monoisotopic (exact) mass is 364 g/mol. The highest BCUT2D eigenvalue weighted by Gasteiger charge is 2.14. The van der Waals surface area contributed by atoms with Gasteiger partial charge in [-0.25, -0.2) is 4.98 Å². The van der Waals surface area contributed by atoms with E-state index >= 15 is 0 Å². The topological polar surface area (TPSA) is 73.1 Å². The van der Waals surface area contributed by atoms with Crippen LogP contribution in [-0.2, 0) is 17.6 Å². The number of nitrogens with zero attached hydrogens (tertiary/aromatic N) is 3. The molecule has 4 rings (SSSR count). The number of rotatable bonds is 7. The van der Waals surface area contributed by atoms with Gasteiger partial charge in [-0.15, -0.1) is 0 Å². The van der Waals surface area contributed by atoms with Gasteiger partial charge in [0, 0.05) is 19.2 Å². The fourth-order valence-corrected chi connectivity index (χ4v) is 3.24. The van der Waals surface area contributed by atoms with E-state index in [1.807, 2.05) is 18.2 Å². The number of nitrogens with one attached hydrogen (secondary N) is 1. The Labute approximate surface area is 159 Å². The van der Waals surface area contributed by atoms with Crippen molar-refractivity contribution in [1.29, 1.82) is 0 Å². The van der Waals surface area contributed by atoms with E-state index in [1.54, 1.807) is 6.20 Å². The molecule has 1 aliphatic heterocycles. The van der Waals surface area contributed by atoms with Crippen LogP contribution in [-0.4, -0.2) is 34.4 Å². The molecule has 1 N–H and O–H groups in total. The molecule has 6 nitrogen and oxygen atoms in total. The summed E-state index contributed by atoms with van der Waals surface area (Å²) in [6.45, 7) is 1.59. The zero-order valence-corrected chi connectivity index (χ0v) is 15.3. The Balaban J connectivity index is 1.31. The molecule has 0 saturated carbocycles. The molecule has 27 heavy (non-hydrogen) atoms. The summed E-state index contributed by atoms with van der Waals surface area (Å²) in [6.07, 6.45) is 6.77. The van der Waals surface area contributed by atoms with E-state index in [0.29, 0.717) is 11.9 Å². The lowest BCUT2D eigenvalue weighted by atomic mass is 10.1. The standard InChI is InChI=1S/C21H24N4O2/c1-2-6-16(7-3-1)8-4-10-20-24-21(27-25-20)17-11-12-19(22-14-17)23-18-9-5-13-26-15-18/h1-3,6-7,11-12,14,18H,4-5,8-10,13,15H2,(H,22,23)/t18-/m0/s1. The van der Waals surface area contributed by atoms with Gasteiger partial charge in [-0.2, -0.15) is 4.98 Å². The van der Waals surface area contributed by atoms with Gasteiger partial charge in [-0.05, 0) is 43.4 Å². The molecule has 0 amide bonds. The molecule has 0 radical (unpaired) electrons. The molecule has 6 heteroatoms. The zero-order chi connectivity index (χ0) is 18.3. The molecule has 1 aliphatic rings. The van der Waals surface area contributed by atoms with Crippen LogP contribution in [0, 0.1) is 0 Å². The van der Waals surface area contributed by atoms with Gasteiger partial charge < -0.3 is 14.6 Å². The van der Waals surface area contributed by atoms with Gasteiger partial charge in [0.05, 0.1) is 18.2 Å². The fraction of sp³-hybridized carbons (Fsp3) is 0.381. The molecule has 2 aromatic heterocycles. The Bertz CT molecular complexity index is 827. The predicted octanol–water partition coefficient (Wildman–Crippen LogP) is 3.90. The second-order valence-electron chi connectivity index (χ2n) is 6.85. The van der Waals surface area contributed by atoms with Crippen LogP contribution in [0.15, 0.2) is 53.2 Å². The first kappa shape index (κ1) is 17.7. The Morgan fingerprint density at radius 1 is 1.07 bits per heavy atom. The Hall–Kier alpha value is -2.73. The third-order valence-corrected chi connectivity index (χ3v) is 4.70. The predicted molar refractivity (Wildman–Crippen MR) is 103 cm³/mol. The van der Waals surface area contributed by atoms with Crippen molar-refractivity contribution in [3.63, 3.8) is 0 Å². The van der Waals surface area contributed by atoms with E-state index in [-0.39, 0.29) is 0 Å². The lowest BCUT2D eigenvalue weighted by Gasteiger charge is -2.23. The average molecular weight is 364 g/mol. The number of anilines is 1. The summed E-state index contributed by atoms with van der Waals surface area (Å²) in [5.74, 6) is 2.10. The maximum Gasteiger partial charge on any atom is 0.259 e. The van der Waals surface area contributed by atoms with Crippen molar-refractivity contribution < 1.29 is 9.26 Å². The van der Waals surface area contributed by atoms with Gasteiger partial charge in [-0.1, -0.05) is 35.5 Å². The van der Waals surface area contributed by atoms with E-state index in [2.05, 4.69) is 44.7 Å². The van der Waals surface area contributed by atoms with Crippen molar-refractivity contribution in [2.75, 3.05) is 18.5 Å². The van der Waals surface area contributed by atoms with Crippen molar-refractivity contribution in [3.05, 3.63) is 60.0 Å². The van der Waals surface area contributed by atoms with Gasteiger partial charge in [0.25, 0.3) is 5.89 Å². The lowest BCUT2D eigenvalue weighted by Crippen LogP contribution is -2.30. The summed E-state index contributed by atoms with van der Waals surface area (Å²) in [7, 11) is 0. The Morgan fingerprint density at radius 3 is 2.78 bits per heavy atom. The number of pyridine rings is 1. The van der Waals surface area contributed by atoms with Crippen LogP contribution in [0.4, 0.5) is 5.82 Å². The normalized spacial score (nSPS) is 17.0. The molecule has 1 aromatic carbocycles. The zero-order valence-electron chi connectivity index (χ0n) is 15.3. The third kappa shape index (κ3) is 4.92. The summed E-state index contributed by atoms with van der Waals surface area (Å²) in [6, 6.07) is 14.7. The molecule has 3 heterocycles. The summed E-state index contributed by atoms with van der Waals surface area (Å²) < 4.78 is 10.9. The molecule has 1 atom stereocenters. The molecule has 3 aromatic rings. The smallest absolute Gasteiger partial charge is 0.259 e. The maximum atomic E-state index is 5.49. The first-order valence-corrected chi connectivity index (χ1v) is 9.54. The van der Waals surface area contributed by atoms with Crippen LogP contribution in [0.1, 0.15) is 30.7 Å². The van der Waals surface area contributed by atoms with E-state index in [9.17, 15) is 0 Å². The fourth-order valence-electron chi connectivity index (χ4n) is 3.24. The lowest BCUT2D eigenvalue weighted by molar-refractivity contribution is 0.0875. The van der Waals surface area contributed by atoms with Gasteiger partial charge >= 0.3 is 0 Å². The second kappa shape index (κ2) is 8.77. The maximum absolute atomic E-state index is 5.49. The van der Waals surface area contributed by atoms with Crippen molar-refractivity contribution in [2.45, 2.75) is 38.1 Å². The largest absolute Gasteiger partial charge is 0.379 e. The van der Waals surface area contributed by atoms with Gasteiger partial charge in [0.1, 0.15) is 5.82 Å². The molecule has 1 fully saturated rings. The molecular weight excluding hydrogens is 340 g/mol. The van der Waals surface area contributed by atoms with Crippen LogP contribution in [0.5, 0.6) is 0 Å². The highest BCUT2D eigenvalue weighted by Crippen LogP contribution is 2.19. The van der Waals surface area contributed by atoms with Crippen LogP contribution < -0.4 is 5.32 Å². The molecular formula is C21H24N4O2. The number of ether oxygens (including phenoxy) is 1. The van der Waals surface area contributed by atoms with Crippen LogP contribution in [0.2, 0.25) is 0 Å². The second-order valence-corrected chi connectivity index (χ2v) is 6.85. The summed E-state index contributed by atoms with van der Waals surface area (Å²) >= 11 is 0. The van der Waals surface area contributed by atoms with Gasteiger partial charge in [-0.3, -0.25) is 0 Å². The van der Waals surface area contributed by atoms with Crippen molar-refractivity contribution in [3.8, 4) is 11.5 Å². The third-order valence-electron chi connectivity index (χ3n) is 4.70. The molecule has 1 saturated heterocycles. The number of hydrogen-bond donors (Lipinski definition) is 1. The number of aryl methyl sites for hydroxylation is 2. The highest BCUT2D eigenvalue weighted by molar-refractivity contribution is 5.54. The number of benzene rings is 1. The molecule has 0 unspecified atom stereocenters. The minimum absolute atomic E-state index is 0.330. The van der Waals surface area contributed by atoms with E-state index in [4.69, 9.17) is 9.26 Å². The van der Waals surface area contributed by atoms with Gasteiger partial charge in [0.2, 0.25) is 0 Å². The Kier molecular flexibility index (Phi) is 5.74. The van der Waals surface area contributed by atoms with E-state index < -0.39 is 0 Å². The molecule has 140 valence electrons. The van der Waals surface area contributed by atoms with Crippen LogP contribution >= 0.6 is 0 Å². The highest BCUT2D eigenvalue weighted by atomic mass is 16.5. The minimum Gasteiger partial charge on any atom is -0.379 e. The summed E-state index contributed by atoms with van der Waals surface area (Å²) in [5.41, 5.74) is 2.17. The van der Waals surface area contributed by atoms with Crippen molar-refractivity contribution in [2.24, 2.45) is 0 Å². The number of aromatic nitrogens is 3. The van der Waals surface area contributed by atoms with E-state index in [1.165, 1.54) is 5.56 Å². The Morgan fingerprint density at radius 2 is 2.00 bits per heavy atom. The first-order chi connectivity index (χ1) is 13.4. The average Bonchev–Trinajstić information content (AvgIpc) is 3.19. The SMILES string of the molecule is c1ccc(CCCc2noc(-c3ccc(N[C@H]4CCCOC4)nc3)n2)cc1. The van der Waals surface area contributed by atoms with Crippen molar-refractivity contribution in [1.82, 2.24) is 15.1 Å². The molecule has 0 spiro atoms. The van der Waals surface area contributed by atoms with Gasteiger partial charge in [0.15, 0.2) is 5.82 Å². The quantitative estimate of drug-likeness (QED) is 0.685. The first-order valence-electron chi connectivity index (χ1n) is 9.54. The van der Waals surface area contributed by atoms with E-state index in [0.717, 1.165) is 62.5 Å². The summed E-state index contributed by atoms with van der Waals surface area (Å²) in [4.78, 5) is 8.96. The molecule has 0 aliphatic carbocycles. The minimum atomic E-state index is 0.330. The van der Waals surface area contributed by atoms with Crippen LogP contribution in [0.25, 0.3) is 11.5 Å². The van der Waals surface area contributed by atoms with Crippen molar-refractivity contribution >= 4 is 5.82 Å². The summed E-state index contributed by atoms with van der Waals surface area (Å²) in [5, 5.41) is 7.50.